The Morgan fingerprint density at radius 1 is 1.50 bits per heavy atom. The van der Waals surface area contributed by atoms with E-state index in [2.05, 4.69) is 17.4 Å². The minimum absolute atomic E-state index is 0.0879. The van der Waals surface area contributed by atoms with Gasteiger partial charge >= 0.3 is 11.5 Å². The van der Waals surface area contributed by atoms with E-state index in [1.54, 1.807) is 6.07 Å². The lowest BCUT2D eigenvalue weighted by Gasteiger charge is -2.11. The minimum atomic E-state index is -4.54. The molecule has 0 amide bonds. The molecule has 0 aromatic heterocycles. The Labute approximate surface area is 110 Å². The Bertz CT molecular complexity index is 523. The molecule has 0 N–H and O–H groups in total. The summed E-state index contributed by atoms with van der Waals surface area (Å²) in [6.45, 7) is 0. The maximum atomic E-state index is 12.3. The van der Waals surface area contributed by atoms with Crippen LogP contribution in [0.1, 0.15) is 15.9 Å². The van der Waals surface area contributed by atoms with Crippen molar-refractivity contribution in [1.29, 1.82) is 5.26 Å². The molecule has 0 atom stereocenters. The molecular weight excluding hydrogens is 287 g/mol. The van der Waals surface area contributed by atoms with Crippen molar-refractivity contribution in [2.24, 2.45) is 0 Å². The molecule has 0 saturated heterocycles. The number of halogens is 3. The van der Waals surface area contributed by atoms with Gasteiger partial charge in [0.05, 0.1) is 18.2 Å². The second-order valence-corrected chi connectivity index (χ2v) is 4.57. The third-order valence-electron chi connectivity index (χ3n) is 1.87. The summed E-state index contributed by atoms with van der Waals surface area (Å²) in [5.74, 6) is -0.902. The van der Waals surface area contributed by atoms with Crippen LogP contribution >= 0.6 is 24.4 Å². The topological polar surface area (TPSA) is 50.1 Å². The fourth-order valence-corrected chi connectivity index (χ4v) is 2.11. The molecule has 0 spiro atoms. The van der Waals surface area contributed by atoms with Gasteiger partial charge in [-0.15, -0.1) is 12.6 Å². The van der Waals surface area contributed by atoms with Crippen LogP contribution in [-0.4, -0.2) is 18.6 Å². The predicted octanol–water partition coefficient (Wildman–Crippen LogP) is 3.25. The summed E-state index contributed by atoms with van der Waals surface area (Å²) < 4.78 is 41.3. The number of nitrogens with zero attached hydrogens (tertiary/aromatic N) is 1. The highest BCUT2D eigenvalue weighted by Crippen LogP contribution is 2.40. The third kappa shape index (κ3) is 3.34. The molecule has 1 aromatic carbocycles. The number of benzene rings is 1. The Hall–Kier alpha value is -1.33. The lowest BCUT2D eigenvalue weighted by atomic mass is 10.1. The first-order chi connectivity index (χ1) is 8.30. The van der Waals surface area contributed by atoms with Gasteiger partial charge in [-0.05, 0) is 23.9 Å². The van der Waals surface area contributed by atoms with Gasteiger partial charge in [-0.3, -0.25) is 0 Å². The zero-order valence-electron chi connectivity index (χ0n) is 8.91. The van der Waals surface area contributed by atoms with Gasteiger partial charge in [0, 0.05) is 9.79 Å². The number of ether oxygens (including phenoxy) is 1. The van der Waals surface area contributed by atoms with Crippen molar-refractivity contribution < 1.29 is 22.7 Å². The summed E-state index contributed by atoms with van der Waals surface area (Å²) >= 11 is 3.47. The molecule has 1 rings (SSSR count). The number of thioether (sulfide) groups is 1. The number of rotatable bonds is 2. The highest BCUT2D eigenvalue weighted by Gasteiger charge is 2.32. The van der Waals surface area contributed by atoms with Crippen LogP contribution in [0.15, 0.2) is 21.9 Å². The van der Waals surface area contributed by atoms with Gasteiger partial charge in [0.25, 0.3) is 0 Å². The van der Waals surface area contributed by atoms with Gasteiger partial charge in [0.15, 0.2) is 0 Å². The molecule has 96 valence electrons. The zero-order chi connectivity index (χ0) is 13.9. The minimum Gasteiger partial charge on any atom is -0.465 e. The van der Waals surface area contributed by atoms with Crippen molar-refractivity contribution in [3.05, 3.63) is 23.3 Å². The van der Waals surface area contributed by atoms with Crippen LogP contribution in [0.4, 0.5) is 13.2 Å². The molecule has 18 heavy (non-hydrogen) atoms. The lowest BCUT2D eigenvalue weighted by molar-refractivity contribution is -0.0328. The Kier molecular flexibility index (Phi) is 4.53. The summed E-state index contributed by atoms with van der Waals surface area (Å²) in [6.07, 6.45) is 0. The smallest absolute Gasteiger partial charge is 0.446 e. The molecule has 0 unspecified atom stereocenters. The number of nitriles is 1. The van der Waals surface area contributed by atoms with Gasteiger partial charge in [-0.1, -0.05) is 0 Å². The summed E-state index contributed by atoms with van der Waals surface area (Å²) in [6, 6.07) is 3.87. The van der Waals surface area contributed by atoms with Gasteiger partial charge in [-0.25, -0.2) is 4.79 Å². The molecule has 0 heterocycles. The second kappa shape index (κ2) is 5.54. The second-order valence-electron chi connectivity index (χ2n) is 2.98. The maximum absolute atomic E-state index is 12.3. The van der Waals surface area contributed by atoms with Gasteiger partial charge in [0.2, 0.25) is 0 Å². The number of hydrogen-bond donors (Lipinski definition) is 1. The first-order valence-corrected chi connectivity index (χ1v) is 5.66. The van der Waals surface area contributed by atoms with E-state index in [1.165, 1.54) is 6.07 Å². The molecule has 0 aliphatic rings. The van der Waals surface area contributed by atoms with Gasteiger partial charge in [0.1, 0.15) is 6.07 Å². The van der Waals surface area contributed by atoms with Crippen LogP contribution in [0, 0.1) is 11.3 Å². The van der Waals surface area contributed by atoms with E-state index in [9.17, 15) is 18.0 Å². The number of methoxy groups -OCH3 is 1. The van der Waals surface area contributed by atoms with Crippen LogP contribution in [0.5, 0.6) is 0 Å². The number of thiol groups is 1. The summed E-state index contributed by atoms with van der Waals surface area (Å²) in [7, 11) is 1.07. The molecule has 0 saturated carbocycles. The van der Waals surface area contributed by atoms with E-state index < -0.39 is 28.8 Å². The standard InChI is InChI=1S/C10H6F3NO2S2/c1-16-9(15)8-5(4-14)7(3-2-6(8)17)18-10(11,12)13/h2-3,17H,1H3. The molecule has 0 fully saturated rings. The summed E-state index contributed by atoms with van der Waals surface area (Å²) in [5.41, 5.74) is -5.20. The van der Waals surface area contributed by atoms with E-state index in [-0.39, 0.29) is 15.4 Å². The molecular formula is C10H6F3NO2S2. The number of carbonyl (C=O) groups excluding carboxylic acids is 1. The normalized spacial score (nSPS) is 10.9. The van der Waals surface area contributed by atoms with Crippen molar-refractivity contribution in [2.75, 3.05) is 7.11 Å². The summed E-state index contributed by atoms with van der Waals surface area (Å²) in [5, 5.41) is 8.89. The molecule has 0 aliphatic heterocycles. The van der Waals surface area contributed by atoms with E-state index >= 15 is 0 Å². The lowest BCUT2D eigenvalue weighted by Crippen LogP contribution is -2.08. The van der Waals surface area contributed by atoms with Crippen molar-refractivity contribution in [2.45, 2.75) is 15.3 Å². The third-order valence-corrected chi connectivity index (χ3v) is 3.04. The largest absolute Gasteiger partial charge is 0.465 e. The fraction of sp³-hybridized carbons (Fsp3) is 0.200. The highest BCUT2D eigenvalue weighted by molar-refractivity contribution is 8.00. The first-order valence-electron chi connectivity index (χ1n) is 4.40. The molecule has 8 heteroatoms. The maximum Gasteiger partial charge on any atom is 0.446 e. The van der Waals surface area contributed by atoms with E-state index in [0.29, 0.717) is 0 Å². The zero-order valence-corrected chi connectivity index (χ0v) is 10.6. The molecule has 1 aromatic rings. The average Bonchev–Trinajstić information content (AvgIpc) is 2.28. The number of hydrogen-bond acceptors (Lipinski definition) is 5. The van der Waals surface area contributed by atoms with Gasteiger partial charge in [-0.2, -0.15) is 18.4 Å². The number of esters is 1. The molecule has 0 aliphatic carbocycles. The highest BCUT2D eigenvalue weighted by atomic mass is 32.2. The van der Waals surface area contributed by atoms with Crippen molar-refractivity contribution in [3.63, 3.8) is 0 Å². The Morgan fingerprint density at radius 2 is 2.11 bits per heavy atom. The molecule has 3 nitrogen and oxygen atoms in total. The Balaban J connectivity index is 3.40. The quantitative estimate of drug-likeness (QED) is 0.516. The van der Waals surface area contributed by atoms with Crippen LogP contribution in [0.3, 0.4) is 0 Å². The fourth-order valence-electron chi connectivity index (χ4n) is 1.20. The van der Waals surface area contributed by atoms with Crippen molar-refractivity contribution in [3.8, 4) is 6.07 Å². The van der Waals surface area contributed by atoms with Crippen LogP contribution in [0.25, 0.3) is 0 Å². The van der Waals surface area contributed by atoms with E-state index in [0.717, 1.165) is 13.2 Å². The van der Waals surface area contributed by atoms with Crippen LogP contribution in [0.2, 0.25) is 0 Å². The van der Waals surface area contributed by atoms with Crippen LogP contribution < -0.4 is 0 Å². The average molecular weight is 293 g/mol. The van der Waals surface area contributed by atoms with Crippen LogP contribution in [-0.2, 0) is 4.74 Å². The van der Waals surface area contributed by atoms with E-state index in [1.807, 2.05) is 0 Å². The SMILES string of the molecule is COC(=O)c1c(S)ccc(SC(F)(F)F)c1C#N. The predicted molar refractivity (Wildman–Crippen MR) is 61.7 cm³/mol. The van der Waals surface area contributed by atoms with E-state index in [4.69, 9.17) is 5.26 Å². The molecule has 0 bridgehead atoms. The number of alkyl halides is 3. The number of carbonyl (C=O) groups is 1. The van der Waals surface area contributed by atoms with Gasteiger partial charge < -0.3 is 4.74 Å². The first kappa shape index (κ1) is 14.7. The molecule has 0 radical (unpaired) electrons. The van der Waals surface area contributed by atoms with Crippen molar-refractivity contribution >= 4 is 30.4 Å². The summed E-state index contributed by atoms with van der Waals surface area (Å²) in [4.78, 5) is 11.1. The van der Waals surface area contributed by atoms with Crippen molar-refractivity contribution in [1.82, 2.24) is 0 Å². The Morgan fingerprint density at radius 3 is 2.56 bits per heavy atom. The monoisotopic (exact) mass is 293 g/mol.